The minimum absolute atomic E-state index is 0.982. The van der Waals surface area contributed by atoms with Gasteiger partial charge in [0.05, 0.1) is 11.4 Å². The molecule has 1 heterocycles. The summed E-state index contributed by atoms with van der Waals surface area (Å²) >= 11 is 0. The van der Waals surface area contributed by atoms with Crippen LogP contribution in [0.4, 0.5) is 0 Å². The normalized spacial score (nSPS) is 12.0. The molecular weight excluding hydrogens is 220 g/mol. The van der Waals surface area contributed by atoms with Crippen molar-refractivity contribution in [3.63, 3.8) is 0 Å². The summed E-state index contributed by atoms with van der Waals surface area (Å²) < 4.78 is 0. The molecule has 0 aliphatic carbocycles. The van der Waals surface area contributed by atoms with Crippen molar-refractivity contribution in [2.75, 3.05) is 0 Å². The van der Waals surface area contributed by atoms with Crippen molar-refractivity contribution < 1.29 is 0 Å². The summed E-state index contributed by atoms with van der Waals surface area (Å²) in [6.45, 7) is 3.92. The van der Waals surface area contributed by atoms with Gasteiger partial charge in [-0.15, -0.1) is 0 Å². The van der Waals surface area contributed by atoms with Crippen LogP contribution in [-0.2, 0) is 0 Å². The molecule has 0 spiro atoms. The van der Waals surface area contributed by atoms with Crippen LogP contribution >= 0.6 is 0 Å². The molecule has 0 aliphatic heterocycles. The third kappa shape index (κ3) is 2.72. The van der Waals surface area contributed by atoms with Crippen LogP contribution in [0.15, 0.2) is 59.7 Å². The summed E-state index contributed by atoms with van der Waals surface area (Å²) in [5.41, 5.74) is 4.18. The summed E-state index contributed by atoms with van der Waals surface area (Å²) in [7, 11) is 0. The van der Waals surface area contributed by atoms with Gasteiger partial charge in [-0.2, -0.15) is 0 Å². The summed E-state index contributed by atoms with van der Waals surface area (Å²) in [5, 5.41) is 0. The van der Waals surface area contributed by atoms with Crippen LogP contribution in [0.5, 0.6) is 0 Å². The Morgan fingerprint density at radius 1 is 1.11 bits per heavy atom. The molecule has 0 atom stereocenters. The maximum atomic E-state index is 4.36. The molecule has 90 valence electrons. The minimum Gasteiger partial charge on any atom is -0.261 e. The highest BCUT2D eigenvalue weighted by Crippen LogP contribution is 2.22. The van der Waals surface area contributed by atoms with Crippen LogP contribution in [0.2, 0.25) is 0 Å². The molecule has 1 aromatic heterocycles. The molecule has 2 heteroatoms. The van der Waals surface area contributed by atoms with E-state index in [1.54, 1.807) is 0 Å². The van der Waals surface area contributed by atoms with Gasteiger partial charge in [0.2, 0.25) is 0 Å². The molecule has 0 radical (unpaired) electrons. The molecule has 0 saturated carbocycles. The molecule has 0 fully saturated rings. The SMILES string of the molecule is CC=N/C(=C\C)c1cccc(-c2ccccn2)c1. The second-order valence-electron chi connectivity index (χ2n) is 3.86. The quantitative estimate of drug-likeness (QED) is 0.733. The van der Waals surface area contributed by atoms with Crippen LogP contribution in [0.25, 0.3) is 17.0 Å². The zero-order valence-electron chi connectivity index (χ0n) is 10.7. The first kappa shape index (κ1) is 12.2. The Kier molecular flexibility index (Phi) is 4.02. The highest BCUT2D eigenvalue weighted by Gasteiger charge is 2.02. The first-order valence-electron chi connectivity index (χ1n) is 6.02. The highest BCUT2D eigenvalue weighted by molar-refractivity contribution is 5.75. The van der Waals surface area contributed by atoms with E-state index in [0.717, 1.165) is 22.5 Å². The molecule has 1 aromatic carbocycles. The van der Waals surface area contributed by atoms with E-state index >= 15 is 0 Å². The number of allylic oxidation sites excluding steroid dienone is 1. The monoisotopic (exact) mass is 236 g/mol. The van der Waals surface area contributed by atoms with Gasteiger partial charge in [-0.3, -0.25) is 9.98 Å². The Morgan fingerprint density at radius 2 is 2.00 bits per heavy atom. The number of hydrogen-bond donors (Lipinski definition) is 0. The van der Waals surface area contributed by atoms with Crippen molar-refractivity contribution in [1.82, 2.24) is 4.98 Å². The van der Waals surface area contributed by atoms with Gasteiger partial charge in [0, 0.05) is 23.5 Å². The van der Waals surface area contributed by atoms with E-state index in [1.807, 2.05) is 56.6 Å². The number of benzene rings is 1. The second kappa shape index (κ2) is 5.92. The Labute approximate surface area is 108 Å². The molecule has 2 nitrogen and oxygen atoms in total. The third-order valence-corrected chi connectivity index (χ3v) is 2.66. The third-order valence-electron chi connectivity index (χ3n) is 2.66. The zero-order chi connectivity index (χ0) is 12.8. The van der Waals surface area contributed by atoms with Gasteiger partial charge < -0.3 is 0 Å². The fraction of sp³-hybridized carbons (Fsp3) is 0.125. The molecule has 0 N–H and O–H groups in total. The van der Waals surface area contributed by atoms with E-state index < -0.39 is 0 Å². The topological polar surface area (TPSA) is 25.2 Å². The van der Waals surface area contributed by atoms with E-state index in [9.17, 15) is 0 Å². The van der Waals surface area contributed by atoms with Gasteiger partial charge in [0.15, 0.2) is 0 Å². The maximum Gasteiger partial charge on any atom is 0.0702 e. The Balaban J connectivity index is 2.43. The lowest BCUT2D eigenvalue weighted by atomic mass is 10.1. The van der Waals surface area contributed by atoms with Gasteiger partial charge in [0.1, 0.15) is 0 Å². The number of aromatic nitrogens is 1. The number of aliphatic imine (C=N–C) groups is 1. The first-order chi connectivity index (χ1) is 8.85. The fourth-order valence-electron chi connectivity index (χ4n) is 1.83. The van der Waals surface area contributed by atoms with E-state index in [2.05, 4.69) is 28.2 Å². The van der Waals surface area contributed by atoms with Gasteiger partial charge in [0.25, 0.3) is 0 Å². The standard InChI is InChI=1S/C16H16N2/c1-3-15(17-4-2)13-8-7-9-14(12-13)16-10-5-6-11-18-16/h3-12H,1-2H3/b15-3-,17-4?. The van der Waals surface area contributed by atoms with E-state index in [4.69, 9.17) is 0 Å². The summed E-state index contributed by atoms with van der Waals surface area (Å²) in [5.74, 6) is 0. The van der Waals surface area contributed by atoms with Crippen LogP contribution in [0.3, 0.4) is 0 Å². The minimum atomic E-state index is 0.982. The lowest BCUT2D eigenvalue weighted by Crippen LogP contribution is -1.86. The number of hydrogen-bond acceptors (Lipinski definition) is 2. The van der Waals surface area contributed by atoms with Crippen molar-refractivity contribution in [3.05, 3.63) is 60.3 Å². The van der Waals surface area contributed by atoms with Crippen LogP contribution in [0, 0.1) is 0 Å². The van der Waals surface area contributed by atoms with Crippen molar-refractivity contribution in [2.24, 2.45) is 4.99 Å². The smallest absolute Gasteiger partial charge is 0.0702 e. The summed E-state index contributed by atoms with van der Waals surface area (Å²) in [6.07, 6.45) is 5.63. The van der Waals surface area contributed by atoms with E-state index in [-0.39, 0.29) is 0 Å². The average Bonchev–Trinajstić information content (AvgIpc) is 2.46. The molecule has 18 heavy (non-hydrogen) atoms. The highest BCUT2D eigenvalue weighted by atomic mass is 14.7. The average molecular weight is 236 g/mol. The number of pyridine rings is 1. The maximum absolute atomic E-state index is 4.36. The van der Waals surface area contributed by atoms with Crippen molar-refractivity contribution in [3.8, 4) is 11.3 Å². The predicted molar refractivity (Wildman–Crippen MR) is 77.5 cm³/mol. The van der Waals surface area contributed by atoms with Crippen LogP contribution in [0.1, 0.15) is 19.4 Å². The fourth-order valence-corrected chi connectivity index (χ4v) is 1.83. The Morgan fingerprint density at radius 3 is 2.67 bits per heavy atom. The molecular formula is C16H16N2. The van der Waals surface area contributed by atoms with Crippen LogP contribution < -0.4 is 0 Å². The first-order valence-corrected chi connectivity index (χ1v) is 6.02. The lowest BCUT2D eigenvalue weighted by Gasteiger charge is -2.05. The van der Waals surface area contributed by atoms with Gasteiger partial charge in [-0.25, -0.2) is 0 Å². The van der Waals surface area contributed by atoms with Gasteiger partial charge >= 0.3 is 0 Å². The summed E-state index contributed by atoms with van der Waals surface area (Å²) in [4.78, 5) is 8.73. The molecule has 0 bridgehead atoms. The predicted octanol–water partition coefficient (Wildman–Crippen LogP) is 4.20. The molecule has 0 aliphatic rings. The van der Waals surface area contributed by atoms with Crippen molar-refractivity contribution in [2.45, 2.75) is 13.8 Å². The zero-order valence-corrected chi connectivity index (χ0v) is 10.7. The molecule has 0 unspecified atom stereocenters. The molecule has 0 saturated heterocycles. The molecule has 2 rings (SSSR count). The van der Waals surface area contributed by atoms with Crippen LogP contribution in [-0.4, -0.2) is 11.2 Å². The number of rotatable bonds is 3. The van der Waals surface area contributed by atoms with Gasteiger partial charge in [-0.05, 0) is 32.0 Å². The van der Waals surface area contributed by atoms with Crippen molar-refractivity contribution >= 4 is 11.9 Å². The summed E-state index contributed by atoms with van der Waals surface area (Å²) in [6, 6.07) is 14.2. The van der Waals surface area contributed by atoms with Crippen molar-refractivity contribution in [1.29, 1.82) is 0 Å². The second-order valence-corrected chi connectivity index (χ2v) is 3.86. The van der Waals surface area contributed by atoms with Gasteiger partial charge in [-0.1, -0.05) is 30.3 Å². The van der Waals surface area contributed by atoms with E-state index in [0.29, 0.717) is 0 Å². The largest absolute Gasteiger partial charge is 0.261 e. The Bertz CT molecular complexity index is 569. The number of nitrogens with zero attached hydrogens (tertiary/aromatic N) is 2. The molecule has 2 aromatic rings. The lowest BCUT2D eigenvalue weighted by molar-refractivity contribution is 1.32. The molecule has 0 amide bonds. The Hall–Kier alpha value is -2.22. The van der Waals surface area contributed by atoms with E-state index in [1.165, 1.54) is 0 Å².